The van der Waals surface area contributed by atoms with Crippen LogP contribution in [0, 0.1) is 0 Å². The Morgan fingerprint density at radius 3 is 0.581 bits per heavy atom. The molecule has 8 heteroatoms. The number of fused-ring (bicyclic) bond motifs is 12. The van der Waals surface area contributed by atoms with E-state index in [9.17, 15) is 0 Å². The minimum absolute atomic E-state index is 1.09. The number of benzene rings is 26. The fourth-order valence-corrected chi connectivity index (χ4v) is 28.2. The van der Waals surface area contributed by atoms with E-state index in [1.165, 1.54) is 212 Å². The first-order valence-corrected chi connectivity index (χ1v) is 53.7. The molecule has 26 aromatic carbocycles. The van der Waals surface area contributed by atoms with Gasteiger partial charge in [-0.25, -0.2) is 0 Å². The lowest BCUT2D eigenvalue weighted by Gasteiger charge is -2.30. The van der Waals surface area contributed by atoms with Crippen LogP contribution in [0.25, 0.3) is 212 Å². The molecule has 30 rings (SSSR count). The van der Waals surface area contributed by atoms with Gasteiger partial charge in [0.1, 0.15) is 0 Å². The van der Waals surface area contributed by atoms with E-state index in [2.05, 4.69) is 553 Å². The minimum Gasteiger partial charge on any atom is -0.310 e. The molecule has 4 nitrogen and oxygen atoms in total. The average molecular weight is 1950 g/mol. The van der Waals surface area contributed by atoms with Crippen molar-refractivity contribution in [3.05, 3.63) is 534 Å². The largest absolute Gasteiger partial charge is 0.310 e. The molecule has 0 bridgehead atoms. The Bertz CT molecular complexity index is 9810. The summed E-state index contributed by atoms with van der Waals surface area (Å²) < 4.78 is 10.5. The van der Waals surface area contributed by atoms with Crippen molar-refractivity contribution >= 4 is 259 Å². The van der Waals surface area contributed by atoms with Crippen LogP contribution in [0.5, 0.6) is 0 Å². The summed E-state index contributed by atoms with van der Waals surface area (Å²) >= 11 is 7.52. The topological polar surface area (TPSA) is 13.0 Å². The maximum absolute atomic E-state index is 2.47. The highest BCUT2D eigenvalue weighted by Crippen LogP contribution is 2.55. The lowest BCUT2D eigenvalue weighted by atomic mass is 9.91. The summed E-state index contributed by atoms with van der Waals surface area (Å²) in [6, 6.07) is 197. The van der Waals surface area contributed by atoms with Crippen molar-refractivity contribution in [3.63, 3.8) is 0 Å². The molecular formula is C140H88N4S4. The van der Waals surface area contributed by atoms with Crippen LogP contribution < -0.4 is 19.6 Å². The number of thiophene rings is 4. The van der Waals surface area contributed by atoms with Crippen molar-refractivity contribution in [2.75, 3.05) is 19.6 Å². The highest BCUT2D eigenvalue weighted by Gasteiger charge is 2.29. The summed E-state index contributed by atoms with van der Waals surface area (Å²) in [6.45, 7) is 0. The summed E-state index contributed by atoms with van der Waals surface area (Å²) in [5, 5.41) is 25.2. The Morgan fingerprint density at radius 1 is 0.122 bits per heavy atom. The molecule has 0 atom stereocenters. The fraction of sp³-hybridized carbons (Fsp3) is 0. The lowest BCUT2D eigenvalue weighted by molar-refractivity contribution is 1.30. The van der Waals surface area contributed by atoms with E-state index in [0.717, 1.165) is 68.2 Å². The summed E-state index contributed by atoms with van der Waals surface area (Å²) in [5.74, 6) is 0. The normalized spacial score (nSPS) is 11.8. The van der Waals surface area contributed by atoms with Crippen molar-refractivity contribution in [2.45, 2.75) is 0 Å². The Kier molecular flexibility index (Phi) is 21.1. The van der Waals surface area contributed by atoms with Gasteiger partial charge < -0.3 is 19.6 Å². The average Bonchev–Trinajstić information content (AvgIpc) is 1.21. The number of hydrogen-bond acceptors (Lipinski definition) is 8. The molecule has 692 valence electrons. The van der Waals surface area contributed by atoms with E-state index in [4.69, 9.17) is 0 Å². The predicted octanol–water partition coefficient (Wildman–Crippen LogP) is 42.5. The maximum atomic E-state index is 2.47. The molecule has 30 aromatic rings. The van der Waals surface area contributed by atoms with Crippen LogP contribution in [-0.4, -0.2) is 0 Å². The molecule has 0 unspecified atom stereocenters. The third-order valence-electron chi connectivity index (χ3n) is 30.0. The summed E-state index contributed by atoms with van der Waals surface area (Å²) in [7, 11) is 0. The van der Waals surface area contributed by atoms with Gasteiger partial charge in [0.05, 0.1) is 22.7 Å². The number of rotatable bonds is 18. The summed E-state index contributed by atoms with van der Waals surface area (Å²) in [5.41, 5.74) is 27.9. The molecule has 148 heavy (non-hydrogen) atoms. The minimum atomic E-state index is 1.09. The second-order valence-electron chi connectivity index (χ2n) is 38.3. The first-order chi connectivity index (χ1) is 73.4. The van der Waals surface area contributed by atoms with Gasteiger partial charge in [-0.15, -0.1) is 45.3 Å². The summed E-state index contributed by atoms with van der Waals surface area (Å²) in [6.07, 6.45) is 0. The number of anilines is 12. The molecule has 0 aliphatic rings. The van der Waals surface area contributed by atoms with E-state index in [-0.39, 0.29) is 0 Å². The van der Waals surface area contributed by atoms with Gasteiger partial charge in [0.2, 0.25) is 0 Å². The van der Waals surface area contributed by atoms with Crippen LogP contribution >= 0.6 is 45.3 Å². The Hall–Kier alpha value is -18.1. The van der Waals surface area contributed by atoms with Gasteiger partial charge in [0.25, 0.3) is 0 Å². The van der Waals surface area contributed by atoms with Gasteiger partial charge in [-0.05, 0) is 255 Å². The molecule has 0 fully saturated rings. The SMILES string of the molecule is c1ccc(-c2ccc(N(c3cccc(-c4cccc5c4sc4ccccc45)c3)c3ccc4ccc5c(N(c6ccc(-c7ccccc7)cc6)c6cccc(-c7cccc8c7sc7ccccc78)c6)ccc6ccc3c4c65)cc2)cc1.c1ccc(N(c2cccc(-c3cccc4c3sc3ccccc34)c2)c2ccc3ccc4c(N(c5ccccc5)c5cccc(-c6cccc7c6sc6ccccc67)c5)ccc5ccc2c3c54)cc1. The van der Waals surface area contributed by atoms with Crippen molar-refractivity contribution in [1.29, 1.82) is 0 Å². The van der Waals surface area contributed by atoms with Gasteiger partial charge in [-0.3, -0.25) is 0 Å². The molecule has 0 spiro atoms. The highest BCUT2D eigenvalue weighted by atomic mass is 32.1. The van der Waals surface area contributed by atoms with Gasteiger partial charge >= 0.3 is 0 Å². The third kappa shape index (κ3) is 14.7. The van der Waals surface area contributed by atoms with E-state index in [1.54, 1.807) is 0 Å². The molecule has 0 amide bonds. The van der Waals surface area contributed by atoms with Gasteiger partial charge in [0.15, 0.2) is 0 Å². The van der Waals surface area contributed by atoms with E-state index in [1.807, 2.05) is 45.3 Å². The first kappa shape index (κ1) is 86.5. The Labute approximate surface area is 871 Å². The molecule has 4 aromatic heterocycles. The van der Waals surface area contributed by atoms with Crippen molar-refractivity contribution < 1.29 is 0 Å². The van der Waals surface area contributed by atoms with Crippen LogP contribution in [0.4, 0.5) is 68.2 Å². The van der Waals surface area contributed by atoms with Crippen molar-refractivity contribution in [2.24, 2.45) is 0 Å². The van der Waals surface area contributed by atoms with Crippen LogP contribution in [-0.2, 0) is 0 Å². The van der Waals surface area contributed by atoms with E-state index >= 15 is 0 Å². The Morgan fingerprint density at radius 2 is 0.318 bits per heavy atom. The second kappa shape index (κ2) is 36.0. The maximum Gasteiger partial charge on any atom is 0.0540 e. The molecule has 0 N–H and O–H groups in total. The molecule has 0 aliphatic heterocycles. The molecule has 0 radical (unpaired) electrons. The lowest BCUT2D eigenvalue weighted by Crippen LogP contribution is -2.11. The van der Waals surface area contributed by atoms with E-state index in [0.29, 0.717) is 0 Å². The van der Waals surface area contributed by atoms with Crippen molar-refractivity contribution in [3.8, 4) is 66.8 Å². The number of para-hydroxylation sites is 2. The van der Waals surface area contributed by atoms with Crippen LogP contribution in [0.1, 0.15) is 0 Å². The van der Waals surface area contributed by atoms with Crippen LogP contribution in [0.15, 0.2) is 534 Å². The fourth-order valence-electron chi connectivity index (χ4n) is 23.2. The monoisotopic (exact) mass is 1950 g/mol. The van der Waals surface area contributed by atoms with Crippen molar-refractivity contribution in [1.82, 2.24) is 0 Å². The second-order valence-corrected chi connectivity index (χ2v) is 42.6. The van der Waals surface area contributed by atoms with Gasteiger partial charge in [-0.2, -0.15) is 0 Å². The third-order valence-corrected chi connectivity index (χ3v) is 34.9. The van der Waals surface area contributed by atoms with Crippen LogP contribution in [0.3, 0.4) is 0 Å². The standard InChI is InChI=1S/C76H48N2S2.C64H40N2S2/c1-3-15-49(16-4-1)51-31-39-57(40-32-51)77(59-21-11-19-55(47-59)61-25-13-27-65-63-23-7-9-29-71(63)79-75(61)65)69-45-37-53-36-44-68-70(46-38-54-35-43-67(69)73(53)74(54)68)78(58-41-33-52(34-42-58)50-17-5-2-6-18-50)60-22-12-20-56(48-60)62-26-14-28-66-64-24-8-10-30-72(64)80-76(62)66;1-3-17-45(18-4-1)65(47-21-11-15-43(39-47)49-25-13-27-53-51-23-7-9-29-59(51)67-63(49)53)57-37-33-41-32-36-56-58(38-34-42-31-35-55(57)61(41)62(42)56)66(46-19-5-2-6-20-46)48-22-12-16-44(40-48)50-26-14-28-54-52-24-8-10-30-60(52)68-64(50)54/h1-48H;1-40H. The Balaban J connectivity index is 0.000000141. The first-order valence-electron chi connectivity index (χ1n) is 50.5. The number of nitrogens with zero attached hydrogens (tertiary/aromatic N) is 4. The smallest absolute Gasteiger partial charge is 0.0540 e. The summed E-state index contributed by atoms with van der Waals surface area (Å²) in [4.78, 5) is 9.83. The highest BCUT2D eigenvalue weighted by molar-refractivity contribution is 7.27. The molecule has 0 aliphatic carbocycles. The molecule has 0 saturated heterocycles. The molecule has 4 heterocycles. The quantitative estimate of drug-likeness (QED) is 0.0794. The van der Waals surface area contributed by atoms with Crippen LogP contribution in [0.2, 0.25) is 0 Å². The zero-order chi connectivity index (χ0) is 97.4. The van der Waals surface area contributed by atoms with Gasteiger partial charge in [0, 0.05) is 148 Å². The zero-order valence-electron chi connectivity index (χ0n) is 80.2. The van der Waals surface area contributed by atoms with Gasteiger partial charge in [-0.1, -0.05) is 388 Å². The molecule has 0 saturated carbocycles. The zero-order valence-corrected chi connectivity index (χ0v) is 83.5. The predicted molar refractivity (Wildman–Crippen MR) is 643 cm³/mol. The van der Waals surface area contributed by atoms with E-state index < -0.39 is 0 Å². The molecular weight excluding hydrogens is 1870 g/mol. The number of hydrogen-bond donors (Lipinski definition) is 0.